The van der Waals surface area contributed by atoms with Gasteiger partial charge in [-0.05, 0) is 66.2 Å². The number of carbonyl (C=O) groups excluding carboxylic acids is 2. The van der Waals surface area contributed by atoms with E-state index in [4.69, 9.17) is 15.2 Å². The predicted molar refractivity (Wildman–Crippen MR) is 154 cm³/mol. The van der Waals surface area contributed by atoms with Crippen molar-refractivity contribution < 1.29 is 24.2 Å². The Balaban J connectivity index is 3.02. The number of aliphatic hydroxyl groups excluding tert-OH is 1. The Morgan fingerprint density at radius 1 is 1.18 bits per heavy atom. The first kappa shape index (κ1) is 33.6. The van der Waals surface area contributed by atoms with Crippen LogP contribution in [0, 0.1) is 17.8 Å². The number of hydrogen-bond acceptors (Lipinski definition) is 6. The van der Waals surface area contributed by atoms with Gasteiger partial charge in [0.1, 0.15) is 5.75 Å². The van der Waals surface area contributed by atoms with Crippen molar-refractivity contribution in [1.29, 1.82) is 0 Å². The van der Waals surface area contributed by atoms with Crippen molar-refractivity contribution in [1.82, 2.24) is 5.32 Å². The summed E-state index contributed by atoms with van der Waals surface area (Å²) < 4.78 is 10.9. The average Bonchev–Trinajstić information content (AvgIpc) is 2.85. The average molecular weight is 533 g/mol. The second-order valence-corrected chi connectivity index (χ2v) is 11.8. The summed E-state index contributed by atoms with van der Waals surface area (Å²) in [4.78, 5) is 24.5. The summed E-state index contributed by atoms with van der Waals surface area (Å²) >= 11 is 0. The minimum Gasteiger partial charge on any atom is -0.474 e. The fourth-order valence-electron chi connectivity index (χ4n) is 4.46. The molecule has 1 aromatic rings. The molecule has 5 atom stereocenters. The number of hydrogen-bond donors (Lipinski definition) is 3. The van der Waals surface area contributed by atoms with Gasteiger partial charge in [-0.15, -0.1) is 0 Å². The molecule has 0 bridgehead atoms. The predicted octanol–water partition coefficient (Wildman–Crippen LogP) is 4.93. The van der Waals surface area contributed by atoms with Crippen LogP contribution in [0.1, 0.15) is 85.3 Å². The van der Waals surface area contributed by atoms with Crippen LogP contribution in [-0.2, 0) is 26.2 Å². The second kappa shape index (κ2) is 15.9. The summed E-state index contributed by atoms with van der Waals surface area (Å²) in [6, 6.07) is 5.68. The quantitative estimate of drug-likeness (QED) is 0.158. The van der Waals surface area contributed by atoms with E-state index in [-0.39, 0.29) is 23.2 Å². The number of amides is 1. The number of carbonyl (C=O) groups is 2. The molecule has 1 aromatic carbocycles. The number of nitrogens with two attached hydrogens (primary N) is 1. The molecule has 0 radical (unpaired) electrons. The van der Waals surface area contributed by atoms with Crippen LogP contribution in [0.2, 0.25) is 0 Å². The first-order valence-electron chi connectivity index (χ1n) is 14.0. The maximum atomic E-state index is 12.3. The molecule has 1 amide bonds. The molecule has 0 saturated heterocycles. The normalized spacial score (nSPS) is 15.8. The van der Waals surface area contributed by atoms with Crippen LogP contribution in [0.4, 0.5) is 0 Å². The topological polar surface area (TPSA) is 111 Å². The van der Waals surface area contributed by atoms with Crippen LogP contribution in [0.3, 0.4) is 0 Å². The number of benzene rings is 1. The Hall–Kier alpha value is -2.38. The largest absolute Gasteiger partial charge is 0.474 e. The van der Waals surface area contributed by atoms with E-state index in [1.54, 1.807) is 0 Å². The summed E-state index contributed by atoms with van der Waals surface area (Å²) in [5.41, 5.74) is 8.30. The SMILES string of the molecule is C=C[C@@H](Oc1cc(C[C@@H](C[C@H](N)[C@@H](O)CC(C)C(=O)NCCCC)C(C)C)ccc1C(C)(C)C)C(=O)OC. The molecule has 0 saturated carbocycles. The minimum atomic E-state index is -0.901. The molecular formula is C31H52N2O5. The molecule has 216 valence electrons. The summed E-state index contributed by atoms with van der Waals surface area (Å²) in [5, 5.41) is 13.7. The molecule has 0 aliphatic rings. The van der Waals surface area contributed by atoms with Crippen molar-refractivity contribution in [3.8, 4) is 5.75 Å². The second-order valence-electron chi connectivity index (χ2n) is 11.8. The Kier molecular flexibility index (Phi) is 14.1. The van der Waals surface area contributed by atoms with Crippen LogP contribution >= 0.6 is 0 Å². The highest BCUT2D eigenvalue weighted by Crippen LogP contribution is 2.34. The summed E-state index contributed by atoms with van der Waals surface area (Å²) in [6.45, 7) is 18.9. The Labute approximate surface area is 230 Å². The molecule has 0 aromatic heterocycles. The molecule has 7 heteroatoms. The van der Waals surface area contributed by atoms with E-state index in [9.17, 15) is 14.7 Å². The van der Waals surface area contributed by atoms with E-state index < -0.39 is 24.2 Å². The van der Waals surface area contributed by atoms with Gasteiger partial charge in [0.25, 0.3) is 0 Å². The molecule has 0 spiro atoms. The van der Waals surface area contributed by atoms with E-state index in [0.29, 0.717) is 31.1 Å². The van der Waals surface area contributed by atoms with Crippen LogP contribution in [0.5, 0.6) is 5.75 Å². The van der Waals surface area contributed by atoms with Crippen molar-refractivity contribution >= 4 is 11.9 Å². The van der Waals surface area contributed by atoms with Gasteiger partial charge in [0.2, 0.25) is 12.0 Å². The van der Waals surface area contributed by atoms with Crippen molar-refractivity contribution in [2.75, 3.05) is 13.7 Å². The van der Waals surface area contributed by atoms with Gasteiger partial charge in [-0.2, -0.15) is 0 Å². The van der Waals surface area contributed by atoms with E-state index in [0.717, 1.165) is 30.4 Å². The van der Waals surface area contributed by atoms with Gasteiger partial charge >= 0.3 is 5.97 Å². The standard InChI is InChI=1S/C31H52N2O5/c1-10-12-15-33-29(35)21(5)16-26(34)25(32)19-23(20(3)4)17-22-13-14-24(31(6,7)8)28(18-22)38-27(11-2)30(36)37-9/h11,13-14,18,20-21,23,25-27,34H,2,10,12,15-17,19,32H2,1,3-9H3,(H,33,35)/t21?,23-,25-,26-,27+/m0/s1. The summed E-state index contributed by atoms with van der Waals surface area (Å²) in [5.74, 6) is 0.311. The number of aliphatic hydroxyl groups is 1. The zero-order chi connectivity index (χ0) is 29.0. The summed E-state index contributed by atoms with van der Waals surface area (Å²) in [6.07, 6.45) is 3.43. The number of esters is 1. The van der Waals surface area contributed by atoms with Crippen LogP contribution in [0.25, 0.3) is 0 Å². The highest BCUT2D eigenvalue weighted by atomic mass is 16.6. The lowest BCUT2D eigenvalue weighted by Gasteiger charge is -2.29. The number of unbranched alkanes of at least 4 members (excludes halogenated alkanes) is 1. The lowest BCUT2D eigenvalue weighted by molar-refractivity contribution is -0.146. The lowest BCUT2D eigenvalue weighted by Crippen LogP contribution is -2.41. The van der Waals surface area contributed by atoms with Crippen LogP contribution in [0.15, 0.2) is 30.9 Å². The van der Waals surface area contributed by atoms with Crippen molar-refractivity contribution in [3.05, 3.63) is 42.0 Å². The van der Waals surface area contributed by atoms with E-state index >= 15 is 0 Å². The van der Waals surface area contributed by atoms with Gasteiger partial charge in [0.05, 0.1) is 13.2 Å². The highest BCUT2D eigenvalue weighted by molar-refractivity contribution is 5.78. The molecule has 0 fully saturated rings. The van der Waals surface area contributed by atoms with E-state index in [1.807, 2.05) is 19.1 Å². The first-order chi connectivity index (χ1) is 17.7. The van der Waals surface area contributed by atoms with Crippen LogP contribution in [-0.4, -0.2) is 48.9 Å². The maximum absolute atomic E-state index is 12.3. The highest BCUT2D eigenvalue weighted by Gasteiger charge is 2.28. The minimum absolute atomic E-state index is 0.0404. The molecular weight excluding hydrogens is 480 g/mol. The van der Waals surface area contributed by atoms with Crippen molar-refractivity contribution in [3.63, 3.8) is 0 Å². The lowest BCUT2D eigenvalue weighted by atomic mass is 9.81. The fraction of sp³-hybridized carbons (Fsp3) is 0.677. The molecule has 0 heterocycles. The Bertz CT molecular complexity index is 893. The van der Waals surface area contributed by atoms with Gasteiger partial charge in [0.15, 0.2) is 0 Å². The van der Waals surface area contributed by atoms with Crippen molar-refractivity contribution in [2.45, 2.75) is 104 Å². The van der Waals surface area contributed by atoms with Gasteiger partial charge in [-0.1, -0.05) is 73.6 Å². The summed E-state index contributed by atoms with van der Waals surface area (Å²) in [7, 11) is 1.33. The number of rotatable bonds is 16. The Morgan fingerprint density at radius 3 is 2.37 bits per heavy atom. The van der Waals surface area contributed by atoms with Gasteiger partial charge in [0, 0.05) is 18.5 Å². The van der Waals surface area contributed by atoms with E-state index in [1.165, 1.54) is 13.2 Å². The van der Waals surface area contributed by atoms with Gasteiger partial charge in [-0.25, -0.2) is 4.79 Å². The Morgan fingerprint density at radius 2 is 1.84 bits per heavy atom. The molecule has 38 heavy (non-hydrogen) atoms. The third-order valence-corrected chi connectivity index (χ3v) is 7.14. The monoisotopic (exact) mass is 532 g/mol. The van der Waals surface area contributed by atoms with Crippen molar-refractivity contribution in [2.24, 2.45) is 23.5 Å². The molecule has 0 aliphatic heterocycles. The molecule has 0 aliphatic carbocycles. The molecule has 4 N–H and O–H groups in total. The maximum Gasteiger partial charge on any atom is 0.351 e. The molecule has 1 unspecified atom stereocenters. The number of nitrogens with one attached hydrogen (secondary N) is 1. The third-order valence-electron chi connectivity index (χ3n) is 7.14. The zero-order valence-electron chi connectivity index (χ0n) is 24.9. The van der Waals surface area contributed by atoms with Crippen LogP contribution < -0.4 is 15.8 Å². The molecule has 7 nitrogen and oxygen atoms in total. The van der Waals surface area contributed by atoms with Gasteiger partial charge < -0.3 is 25.6 Å². The number of ether oxygens (including phenoxy) is 2. The third kappa shape index (κ3) is 10.8. The fourth-order valence-corrected chi connectivity index (χ4v) is 4.46. The smallest absolute Gasteiger partial charge is 0.351 e. The van der Waals surface area contributed by atoms with E-state index in [2.05, 4.69) is 59.5 Å². The van der Waals surface area contributed by atoms with Gasteiger partial charge in [-0.3, -0.25) is 4.79 Å². The first-order valence-corrected chi connectivity index (χ1v) is 14.0. The zero-order valence-corrected chi connectivity index (χ0v) is 24.9. The molecule has 1 rings (SSSR count). The number of methoxy groups -OCH3 is 1.